The van der Waals surface area contributed by atoms with Gasteiger partial charge in [-0.05, 0) is 37.1 Å². The van der Waals surface area contributed by atoms with Gasteiger partial charge in [0.2, 0.25) is 5.95 Å². The molecule has 1 aliphatic rings. The molecule has 1 aromatic carbocycles. The fraction of sp³-hybridized carbons (Fsp3) is 0.231. The molecule has 0 fully saturated rings. The first-order valence-electron chi connectivity index (χ1n) is 11.1. The van der Waals surface area contributed by atoms with Crippen molar-refractivity contribution >= 4 is 28.8 Å². The van der Waals surface area contributed by atoms with E-state index in [9.17, 15) is 0 Å². The van der Waals surface area contributed by atoms with Crippen LogP contribution in [0.5, 0.6) is 0 Å². The molecule has 2 atom stereocenters. The molecular weight excluding hydrogens is 428 g/mol. The van der Waals surface area contributed by atoms with Gasteiger partial charge in [0.25, 0.3) is 0 Å². The third-order valence-electron chi connectivity index (χ3n) is 5.74. The number of allylic oxidation sites excluding steroid dienone is 1. The lowest BCUT2D eigenvalue weighted by Gasteiger charge is -2.19. The number of hydrogen-bond donors (Lipinski definition) is 2. The molecule has 0 bridgehead atoms. The van der Waals surface area contributed by atoms with Crippen molar-refractivity contribution in [2.24, 2.45) is 4.99 Å². The predicted octanol–water partition coefficient (Wildman–Crippen LogP) is 4.48. The lowest BCUT2D eigenvalue weighted by Crippen LogP contribution is -2.12. The van der Waals surface area contributed by atoms with Gasteiger partial charge in [0, 0.05) is 42.2 Å². The monoisotopic (exact) mass is 454 g/mol. The molecule has 8 nitrogen and oxygen atoms in total. The van der Waals surface area contributed by atoms with Crippen molar-refractivity contribution in [3.63, 3.8) is 0 Å². The summed E-state index contributed by atoms with van der Waals surface area (Å²) in [4.78, 5) is 21.3. The normalized spacial score (nSPS) is 16.2. The Bertz CT molecular complexity index is 1410. The predicted molar refractivity (Wildman–Crippen MR) is 133 cm³/mol. The molecule has 1 aliphatic heterocycles. The van der Waals surface area contributed by atoms with Crippen molar-refractivity contribution in [3.05, 3.63) is 77.3 Å². The van der Waals surface area contributed by atoms with Crippen molar-refractivity contribution in [2.45, 2.75) is 26.0 Å². The molecule has 0 radical (unpaired) electrons. The number of ether oxygens (including phenoxy) is 2. The number of H-pyrrole nitrogens is 1. The van der Waals surface area contributed by atoms with E-state index in [0.717, 1.165) is 38.9 Å². The number of nitrogen functional groups attached to an aromatic ring is 1. The van der Waals surface area contributed by atoms with E-state index < -0.39 is 6.10 Å². The summed E-state index contributed by atoms with van der Waals surface area (Å²) >= 11 is 0. The fourth-order valence-corrected chi connectivity index (χ4v) is 4.17. The highest BCUT2D eigenvalue weighted by Gasteiger charge is 2.21. The van der Waals surface area contributed by atoms with Crippen molar-refractivity contribution in [1.82, 2.24) is 19.9 Å². The molecule has 4 heterocycles. The van der Waals surface area contributed by atoms with Crippen LogP contribution in [0.1, 0.15) is 35.4 Å². The van der Waals surface area contributed by atoms with Crippen molar-refractivity contribution < 1.29 is 9.47 Å². The lowest BCUT2D eigenvalue weighted by atomic mass is 10.0. The number of nitrogens with zero attached hydrogens (tertiary/aromatic N) is 4. The number of methoxy groups -OCH3 is 1. The van der Waals surface area contributed by atoms with Gasteiger partial charge in [-0.3, -0.25) is 4.99 Å². The Kier molecular flexibility index (Phi) is 5.91. The third kappa shape index (κ3) is 4.33. The number of nitrogens with two attached hydrogens (primary N) is 1. The highest BCUT2D eigenvalue weighted by Crippen LogP contribution is 2.33. The van der Waals surface area contributed by atoms with E-state index >= 15 is 0 Å². The maximum Gasteiger partial charge on any atom is 0.220 e. The molecule has 172 valence electrons. The molecular formula is C26H26N6O2. The van der Waals surface area contributed by atoms with Crippen LogP contribution in [-0.4, -0.2) is 46.1 Å². The van der Waals surface area contributed by atoms with E-state index in [1.54, 1.807) is 7.11 Å². The molecule has 0 saturated carbocycles. The summed E-state index contributed by atoms with van der Waals surface area (Å²) in [6.45, 7) is 4.21. The highest BCUT2D eigenvalue weighted by atomic mass is 16.7. The zero-order chi connectivity index (χ0) is 23.7. The number of nitrogens with one attached hydrogen (secondary N) is 1. The number of hydrogen-bond acceptors (Lipinski definition) is 7. The number of aromatic amines is 1. The maximum atomic E-state index is 6.17. The van der Waals surface area contributed by atoms with Crippen LogP contribution < -0.4 is 5.73 Å². The maximum absolute atomic E-state index is 6.17. The average molecular weight is 455 g/mol. The summed E-state index contributed by atoms with van der Waals surface area (Å²) in [5.41, 5.74) is 13.3. The van der Waals surface area contributed by atoms with Crippen molar-refractivity contribution in [3.8, 4) is 11.3 Å². The van der Waals surface area contributed by atoms with Gasteiger partial charge in [-0.2, -0.15) is 0 Å². The summed E-state index contributed by atoms with van der Waals surface area (Å²) in [5.74, 6) is 0.170. The van der Waals surface area contributed by atoms with Crippen molar-refractivity contribution in [1.29, 1.82) is 0 Å². The largest absolute Gasteiger partial charge is 0.368 e. The Hall–Kier alpha value is -3.88. The Labute approximate surface area is 197 Å². The Morgan fingerprint density at radius 3 is 2.82 bits per heavy atom. The van der Waals surface area contributed by atoms with Crippen LogP contribution >= 0.6 is 0 Å². The highest BCUT2D eigenvalue weighted by molar-refractivity contribution is 6.12. The lowest BCUT2D eigenvalue weighted by molar-refractivity contribution is -0.0604. The first kappa shape index (κ1) is 21.9. The molecule has 3 N–H and O–H groups in total. The second kappa shape index (κ2) is 9.17. The molecule has 0 aliphatic carbocycles. The van der Waals surface area contributed by atoms with Crippen LogP contribution in [0.3, 0.4) is 0 Å². The number of aromatic nitrogens is 4. The van der Waals surface area contributed by atoms with Gasteiger partial charge in [-0.1, -0.05) is 35.9 Å². The molecule has 2 unspecified atom stereocenters. The second-order valence-electron chi connectivity index (χ2n) is 8.37. The molecule has 4 aromatic rings. The summed E-state index contributed by atoms with van der Waals surface area (Å²) < 4.78 is 11.2. The first-order valence-corrected chi connectivity index (χ1v) is 11.1. The minimum absolute atomic E-state index is 0.118. The number of rotatable bonds is 7. The van der Waals surface area contributed by atoms with E-state index in [1.807, 2.05) is 49.8 Å². The minimum atomic E-state index is -0.455. The molecule has 5 rings (SSSR count). The van der Waals surface area contributed by atoms with Crippen molar-refractivity contribution in [2.75, 3.05) is 19.6 Å². The fourth-order valence-electron chi connectivity index (χ4n) is 4.17. The van der Waals surface area contributed by atoms with Gasteiger partial charge >= 0.3 is 0 Å². The second-order valence-corrected chi connectivity index (χ2v) is 8.37. The quantitative estimate of drug-likeness (QED) is 0.398. The van der Waals surface area contributed by atoms with E-state index in [2.05, 4.69) is 50.1 Å². The summed E-state index contributed by atoms with van der Waals surface area (Å²) in [7, 11) is 1.59. The summed E-state index contributed by atoms with van der Waals surface area (Å²) in [5, 5.41) is 0.945. The van der Waals surface area contributed by atoms with E-state index in [0.29, 0.717) is 11.4 Å². The van der Waals surface area contributed by atoms with E-state index in [4.69, 9.17) is 15.2 Å². The molecule has 3 aromatic heterocycles. The van der Waals surface area contributed by atoms with Crippen LogP contribution in [0.15, 0.2) is 59.9 Å². The number of fused-ring (bicyclic) bond motifs is 1. The molecule has 0 amide bonds. The number of benzene rings is 1. The molecule has 8 heteroatoms. The number of pyridine rings is 1. The van der Waals surface area contributed by atoms with Crippen LogP contribution in [-0.2, 0) is 9.47 Å². The number of aryl methyl sites for hydroxylation is 1. The van der Waals surface area contributed by atoms with Crippen LogP contribution in [0.4, 0.5) is 5.95 Å². The standard InChI is InChI=1S/C26H26N6O2/c1-15-5-4-6-17(7-15)24(34-14-33-3)23-10-22(31-26(27)32-23)21-13-30-25-20(21)9-19(12-29-25)18-8-16(2)28-11-18/h4-13,16,24H,14H2,1-3H3,(H,29,30)(H2,27,31,32). The molecule has 0 saturated heterocycles. The van der Waals surface area contributed by atoms with E-state index in [1.165, 1.54) is 0 Å². The van der Waals surface area contributed by atoms with Gasteiger partial charge in [-0.25, -0.2) is 15.0 Å². The summed E-state index contributed by atoms with van der Waals surface area (Å²) in [6.07, 6.45) is 7.30. The van der Waals surface area contributed by atoms with Gasteiger partial charge in [-0.15, -0.1) is 0 Å². The van der Waals surface area contributed by atoms with Crippen LogP contribution in [0, 0.1) is 6.92 Å². The SMILES string of the molecule is COCOC(c1cccc(C)c1)c1cc(-c2c[nH]c3ncc(C4=CC(C)N=C4)cc23)nc(N)n1. The van der Waals surface area contributed by atoms with Gasteiger partial charge in [0.05, 0.1) is 17.4 Å². The third-order valence-corrected chi connectivity index (χ3v) is 5.74. The zero-order valence-corrected chi connectivity index (χ0v) is 19.3. The smallest absolute Gasteiger partial charge is 0.220 e. The Balaban J connectivity index is 1.59. The number of anilines is 1. The van der Waals surface area contributed by atoms with Gasteiger partial charge in [0.1, 0.15) is 18.5 Å². The average Bonchev–Trinajstić information content (AvgIpc) is 3.45. The van der Waals surface area contributed by atoms with Crippen LogP contribution in [0.2, 0.25) is 0 Å². The van der Waals surface area contributed by atoms with Gasteiger partial charge in [0.15, 0.2) is 0 Å². The van der Waals surface area contributed by atoms with Crippen LogP contribution in [0.25, 0.3) is 27.9 Å². The molecule has 0 spiro atoms. The van der Waals surface area contributed by atoms with Gasteiger partial charge < -0.3 is 20.2 Å². The minimum Gasteiger partial charge on any atom is -0.368 e. The molecule has 34 heavy (non-hydrogen) atoms. The first-order chi connectivity index (χ1) is 16.5. The summed E-state index contributed by atoms with van der Waals surface area (Å²) in [6, 6.07) is 12.3. The Morgan fingerprint density at radius 2 is 2.06 bits per heavy atom. The zero-order valence-electron chi connectivity index (χ0n) is 19.3. The Morgan fingerprint density at radius 1 is 1.18 bits per heavy atom. The van der Waals surface area contributed by atoms with E-state index in [-0.39, 0.29) is 18.8 Å². The topological polar surface area (TPSA) is 111 Å². The number of aliphatic imine (C=N–C) groups is 1.